The van der Waals surface area contributed by atoms with Gasteiger partial charge in [-0.05, 0) is 25.5 Å². The maximum Gasteiger partial charge on any atom is 0.381 e. The van der Waals surface area contributed by atoms with Gasteiger partial charge in [0.2, 0.25) is 0 Å². The fourth-order valence-electron chi connectivity index (χ4n) is 1.31. The lowest BCUT2D eigenvalue weighted by Gasteiger charge is -2.16. The number of ether oxygens (including phenoxy) is 1. The van der Waals surface area contributed by atoms with Gasteiger partial charge < -0.3 is 4.74 Å². The molecule has 1 aromatic rings. The van der Waals surface area contributed by atoms with Crippen LogP contribution in [0.3, 0.4) is 0 Å². The van der Waals surface area contributed by atoms with Gasteiger partial charge in [0.05, 0.1) is 7.11 Å². The van der Waals surface area contributed by atoms with E-state index in [1.54, 1.807) is 19.1 Å². The van der Waals surface area contributed by atoms with Crippen LogP contribution in [0.2, 0.25) is 0 Å². The van der Waals surface area contributed by atoms with Crippen LogP contribution in [0.25, 0.3) is 0 Å². The Kier molecular flexibility index (Phi) is 3.07. The smallest absolute Gasteiger partial charge is 0.381 e. The van der Waals surface area contributed by atoms with Crippen LogP contribution in [-0.4, -0.2) is 13.1 Å². The maximum absolute atomic E-state index is 13.5. The summed E-state index contributed by atoms with van der Waals surface area (Å²) in [5.74, 6) is -5.11. The summed E-state index contributed by atoms with van der Waals surface area (Å²) in [4.78, 5) is 10.9. The molecule has 1 rings (SSSR count). The topological polar surface area (TPSA) is 26.3 Å². The minimum atomic E-state index is -3.58. The van der Waals surface area contributed by atoms with Gasteiger partial charge in [-0.25, -0.2) is 4.79 Å². The van der Waals surface area contributed by atoms with E-state index < -0.39 is 11.9 Å². The minimum Gasteiger partial charge on any atom is -0.464 e. The van der Waals surface area contributed by atoms with Crippen molar-refractivity contribution in [2.45, 2.75) is 19.8 Å². The number of alkyl halides is 2. The van der Waals surface area contributed by atoms with E-state index >= 15 is 0 Å². The summed E-state index contributed by atoms with van der Waals surface area (Å²) < 4.78 is 31.1. The van der Waals surface area contributed by atoms with Gasteiger partial charge in [-0.2, -0.15) is 8.78 Å². The Morgan fingerprint density at radius 2 is 1.93 bits per heavy atom. The molecule has 0 spiro atoms. The van der Waals surface area contributed by atoms with Crippen molar-refractivity contribution < 1.29 is 18.3 Å². The van der Waals surface area contributed by atoms with Gasteiger partial charge in [0.25, 0.3) is 0 Å². The quantitative estimate of drug-likeness (QED) is 0.707. The molecule has 4 heteroatoms. The Labute approximate surface area is 86.9 Å². The van der Waals surface area contributed by atoms with Crippen LogP contribution >= 0.6 is 0 Å². The summed E-state index contributed by atoms with van der Waals surface area (Å²) in [5, 5.41) is 0. The summed E-state index contributed by atoms with van der Waals surface area (Å²) in [5.41, 5.74) is 0.754. The molecule has 1 aromatic carbocycles. The third-order valence-electron chi connectivity index (χ3n) is 2.17. The van der Waals surface area contributed by atoms with Gasteiger partial charge in [-0.15, -0.1) is 0 Å². The molecule has 0 aromatic heterocycles. The van der Waals surface area contributed by atoms with E-state index in [0.29, 0.717) is 11.1 Å². The molecule has 0 amide bonds. The van der Waals surface area contributed by atoms with E-state index in [2.05, 4.69) is 4.74 Å². The van der Waals surface area contributed by atoms with E-state index in [-0.39, 0.29) is 5.56 Å². The lowest BCUT2D eigenvalue weighted by molar-refractivity contribution is -0.170. The number of halogens is 2. The zero-order valence-electron chi connectivity index (χ0n) is 8.80. The molecule has 0 saturated heterocycles. The molecule has 0 radical (unpaired) electrons. The molecule has 0 aliphatic heterocycles. The van der Waals surface area contributed by atoms with Crippen LogP contribution in [0.1, 0.15) is 16.7 Å². The van der Waals surface area contributed by atoms with E-state index in [9.17, 15) is 13.6 Å². The Balaban J connectivity index is 3.25. The highest BCUT2D eigenvalue weighted by Gasteiger charge is 2.43. The summed E-state index contributed by atoms with van der Waals surface area (Å²) >= 11 is 0. The van der Waals surface area contributed by atoms with Crippen molar-refractivity contribution in [3.8, 4) is 0 Å². The summed E-state index contributed by atoms with van der Waals surface area (Å²) in [6.45, 7) is 3.22. The first-order valence-corrected chi connectivity index (χ1v) is 4.43. The second kappa shape index (κ2) is 3.96. The molecule has 15 heavy (non-hydrogen) atoms. The molecule has 2 nitrogen and oxygen atoms in total. The summed E-state index contributed by atoms with van der Waals surface area (Å²) in [6, 6.07) is 4.57. The van der Waals surface area contributed by atoms with Crippen molar-refractivity contribution in [2.24, 2.45) is 0 Å². The predicted molar refractivity (Wildman–Crippen MR) is 51.8 cm³/mol. The number of benzene rings is 1. The van der Waals surface area contributed by atoms with Gasteiger partial charge in [0.1, 0.15) is 0 Å². The highest BCUT2D eigenvalue weighted by Crippen LogP contribution is 2.32. The third kappa shape index (κ3) is 2.14. The molecule has 0 unspecified atom stereocenters. The second-order valence-corrected chi connectivity index (χ2v) is 3.38. The number of hydrogen-bond acceptors (Lipinski definition) is 2. The first-order valence-electron chi connectivity index (χ1n) is 4.43. The molecule has 0 bridgehead atoms. The molecule has 0 N–H and O–H groups in total. The largest absolute Gasteiger partial charge is 0.464 e. The van der Waals surface area contributed by atoms with E-state index in [0.717, 1.165) is 7.11 Å². The monoisotopic (exact) mass is 214 g/mol. The van der Waals surface area contributed by atoms with E-state index in [1.807, 2.05) is 0 Å². The van der Waals surface area contributed by atoms with Crippen molar-refractivity contribution in [3.63, 3.8) is 0 Å². The molecule has 0 aliphatic rings. The number of carbonyl (C=O) groups is 1. The molecular formula is C11H12F2O2. The molecule has 82 valence electrons. The van der Waals surface area contributed by atoms with Gasteiger partial charge in [0.15, 0.2) is 0 Å². The normalized spacial score (nSPS) is 11.3. The lowest BCUT2D eigenvalue weighted by atomic mass is 10.0. The van der Waals surface area contributed by atoms with Crippen molar-refractivity contribution in [3.05, 3.63) is 34.9 Å². The average molecular weight is 214 g/mol. The number of aryl methyl sites for hydroxylation is 2. The SMILES string of the molecule is COC(=O)C(F)(F)c1cc(C)ccc1C. The van der Waals surface area contributed by atoms with Gasteiger partial charge >= 0.3 is 11.9 Å². The highest BCUT2D eigenvalue weighted by atomic mass is 19.3. The fourth-order valence-corrected chi connectivity index (χ4v) is 1.31. The number of methoxy groups -OCH3 is 1. The Morgan fingerprint density at radius 1 is 1.33 bits per heavy atom. The van der Waals surface area contributed by atoms with E-state index in [4.69, 9.17) is 0 Å². The molecule has 0 atom stereocenters. The number of rotatable bonds is 2. The van der Waals surface area contributed by atoms with Crippen LogP contribution < -0.4 is 0 Å². The predicted octanol–water partition coefficient (Wildman–Crippen LogP) is 2.57. The van der Waals surface area contributed by atoms with Gasteiger partial charge in [0, 0.05) is 5.56 Å². The van der Waals surface area contributed by atoms with Crippen molar-refractivity contribution in [2.75, 3.05) is 7.11 Å². The summed E-state index contributed by atoms with van der Waals surface area (Å²) in [6.07, 6.45) is 0. The number of esters is 1. The van der Waals surface area contributed by atoms with Crippen molar-refractivity contribution in [1.29, 1.82) is 0 Å². The molecule has 0 aliphatic carbocycles. The zero-order chi connectivity index (χ0) is 11.6. The van der Waals surface area contributed by atoms with Crippen LogP contribution in [0.5, 0.6) is 0 Å². The standard InChI is InChI=1S/C11H12F2O2/c1-7-4-5-8(2)9(6-7)11(12,13)10(14)15-3/h4-6H,1-3H3. The van der Waals surface area contributed by atoms with Gasteiger partial charge in [-0.1, -0.05) is 17.7 Å². The van der Waals surface area contributed by atoms with Crippen molar-refractivity contribution in [1.82, 2.24) is 0 Å². The number of carbonyl (C=O) groups excluding carboxylic acids is 1. The maximum atomic E-state index is 13.5. The molecule has 0 heterocycles. The number of hydrogen-bond donors (Lipinski definition) is 0. The average Bonchev–Trinajstić information content (AvgIpc) is 2.20. The second-order valence-electron chi connectivity index (χ2n) is 3.38. The first-order chi connectivity index (χ1) is 6.89. The van der Waals surface area contributed by atoms with E-state index in [1.165, 1.54) is 13.0 Å². The van der Waals surface area contributed by atoms with Crippen LogP contribution in [0.15, 0.2) is 18.2 Å². The molecular weight excluding hydrogens is 202 g/mol. The lowest BCUT2D eigenvalue weighted by Crippen LogP contribution is -2.28. The van der Waals surface area contributed by atoms with Crippen LogP contribution in [-0.2, 0) is 15.5 Å². The Hall–Kier alpha value is -1.45. The fraction of sp³-hybridized carbons (Fsp3) is 0.364. The summed E-state index contributed by atoms with van der Waals surface area (Å²) in [7, 11) is 0.946. The Bertz CT molecular complexity index is 386. The zero-order valence-corrected chi connectivity index (χ0v) is 8.80. The first kappa shape index (κ1) is 11.6. The third-order valence-corrected chi connectivity index (χ3v) is 2.17. The highest BCUT2D eigenvalue weighted by molar-refractivity contribution is 5.79. The van der Waals surface area contributed by atoms with Crippen LogP contribution in [0.4, 0.5) is 8.78 Å². The van der Waals surface area contributed by atoms with Gasteiger partial charge in [-0.3, -0.25) is 0 Å². The molecule has 0 saturated carbocycles. The minimum absolute atomic E-state index is 0.297. The van der Waals surface area contributed by atoms with Crippen LogP contribution in [0, 0.1) is 13.8 Å². The van der Waals surface area contributed by atoms with Crippen molar-refractivity contribution >= 4 is 5.97 Å². The molecule has 0 fully saturated rings. The Morgan fingerprint density at radius 3 is 2.47 bits per heavy atom.